The van der Waals surface area contributed by atoms with Crippen molar-refractivity contribution in [2.75, 3.05) is 11.9 Å². The van der Waals surface area contributed by atoms with Crippen LogP contribution >= 0.6 is 15.9 Å². The zero-order valence-corrected chi connectivity index (χ0v) is 18.9. The van der Waals surface area contributed by atoms with Crippen LogP contribution in [0.1, 0.15) is 52.5 Å². The van der Waals surface area contributed by atoms with Gasteiger partial charge in [-0.3, -0.25) is 9.59 Å². The highest BCUT2D eigenvalue weighted by atomic mass is 79.9. The van der Waals surface area contributed by atoms with Gasteiger partial charge in [-0.2, -0.15) is 0 Å². The number of aryl methyl sites for hydroxylation is 2. The largest absolute Gasteiger partial charge is 0.382 e. The topological polar surface area (TPSA) is 83.2 Å². The normalized spacial score (nSPS) is 19.1. The third-order valence-electron chi connectivity index (χ3n) is 5.38. The van der Waals surface area contributed by atoms with Gasteiger partial charge in [0.1, 0.15) is 0 Å². The highest BCUT2D eigenvalue weighted by Gasteiger charge is 2.21. The van der Waals surface area contributed by atoms with Crippen LogP contribution in [-0.2, 0) is 11.3 Å². The summed E-state index contributed by atoms with van der Waals surface area (Å²) in [7, 11) is 0. The van der Waals surface area contributed by atoms with Gasteiger partial charge < -0.3 is 20.4 Å². The van der Waals surface area contributed by atoms with Crippen LogP contribution in [0.25, 0.3) is 0 Å². The minimum Gasteiger partial charge on any atom is -0.382 e. The Labute approximate surface area is 179 Å². The van der Waals surface area contributed by atoms with Crippen molar-refractivity contribution in [3.8, 4) is 0 Å². The number of carbonyl (C=O) groups is 1. The molecular formula is C22H28BrN3O3. The summed E-state index contributed by atoms with van der Waals surface area (Å²) >= 11 is 3.52. The summed E-state index contributed by atoms with van der Waals surface area (Å²) in [5.74, 6) is -0.202. The van der Waals surface area contributed by atoms with Crippen LogP contribution in [0.3, 0.4) is 0 Å². The van der Waals surface area contributed by atoms with Gasteiger partial charge in [0.2, 0.25) is 0 Å². The molecule has 0 radical (unpaired) electrons. The summed E-state index contributed by atoms with van der Waals surface area (Å²) in [4.78, 5) is 27.9. The maximum Gasteiger partial charge on any atom is 0.253 e. The fraction of sp³-hybridized carbons (Fsp3) is 0.455. The van der Waals surface area contributed by atoms with Crippen molar-refractivity contribution >= 4 is 27.5 Å². The molecule has 1 aliphatic rings. The molecule has 0 bridgehead atoms. The number of nitrogens with one attached hydrogen (secondary N) is 3. The van der Waals surface area contributed by atoms with Crippen LogP contribution in [0.2, 0.25) is 0 Å². The van der Waals surface area contributed by atoms with Gasteiger partial charge in [0, 0.05) is 46.2 Å². The Bertz CT molecular complexity index is 971. The monoisotopic (exact) mass is 461 g/mol. The molecule has 2 heterocycles. The van der Waals surface area contributed by atoms with E-state index >= 15 is 0 Å². The first-order valence-electron chi connectivity index (χ1n) is 9.90. The van der Waals surface area contributed by atoms with E-state index < -0.39 is 0 Å². The van der Waals surface area contributed by atoms with E-state index in [0.29, 0.717) is 17.2 Å². The SMILES string of the molecule is Cc1cc(C)c(CNC(=O)c2cc(Br)cc(NC3CCOC(C)C3)c2C)c(=O)[nH]1. The van der Waals surface area contributed by atoms with Crippen molar-refractivity contribution in [1.82, 2.24) is 10.3 Å². The van der Waals surface area contributed by atoms with Gasteiger partial charge >= 0.3 is 0 Å². The number of amides is 1. The molecule has 2 unspecified atom stereocenters. The lowest BCUT2D eigenvalue weighted by atomic mass is 10.0. The first-order chi connectivity index (χ1) is 13.7. The molecule has 0 aliphatic carbocycles. The zero-order valence-electron chi connectivity index (χ0n) is 17.3. The number of rotatable bonds is 5. The molecule has 0 saturated carbocycles. The van der Waals surface area contributed by atoms with Crippen molar-refractivity contribution in [1.29, 1.82) is 0 Å². The van der Waals surface area contributed by atoms with Crippen LogP contribution in [-0.4, -0.2) is 29.6 Å². The summed E-state index contributed by atoms with van der Waals surface area (Å²) in [6.45, 7) is 8.67. The lowest BCUT2D eigenvalue weighted by Gasteiger charge is -2.29. The van der Waals surface area contributed by atoms with E-state index in [-0.39, 0.29) is 24.1 Å². The van der Waals surface area contributed by atoms with Crippen LogP contribution in [0.15, 0.2) is 27.5 Å². The number of hydrogen-bond donors (Lipinski definition) is 3. The van der Waals surface area contributed by atoms with Gasteiger partial charge in [-0.25, -0.2) is 0 Å². The molecule has 3 N–H and O–H groups in total. The van der Waals surface area contributed by atoms with E-state index in [1.807, 2.05) is 39.0 Å². The fourth-order valence-electron chi connectivity index (χ4n) is 3.78. The maximum atomic E-state index is 12.9. The van der Waals surface area contributed by atoms with E-state index in [1.54, 1.807) is 0 Å². The molecule has 2 atom stereocenters. The van der Waals surface area contributed by atoms with E-state index in [1.165, 1.54) is 0 Å². The second-order valence-corrected chi connectivity index (χ2v) is 8.71. The number of carbonyl (C=O) groups excluding carboxylic acids is 1. The number of aromatic amines is 1. The van der Waals surface area contributed by atoms with Gasteiger partial charge in [-0.15, -0.1) is 0 Å². The minimum atomic E-state index is -0.202. The van der Waals surface area contributed by atoms with Gasteiger partial charge in [0.25, 0.3) is 11.5 Å². The first kappa shape index (κ1) is 21.6. The molecule has 1 amide bonds. The van der Waals surface area contributed by atoms with Crippen LogP contribution in [0.4, 0.5) is 5.69 Å². The van der Waals surface area contributed by atoms with Crippen LogP contribution in [0, 0.1) is 20.8 Å². The summed E-state index contributed by atoms with van der Waals surface area (Å²) in [5, 5.41) is 6.46. The number of aromatic nitrogens is 1. The predicted octanol–water partition coefficient (Wildman–Crippen LogP) is 3.97. The molecular weight excluding hydrogens is 434 g/mol. The minimum absolute atomic E-state index is 0.162. The molecule has 0 spiro atoms. The molecule has 29 heavy (non-hydrogen) atoms. The Balaban J connectivity index is 1.77. The highest BCUT2D eigenvalue weighted by molar-refractivity contribution is 9.10. The average molecular weight is 462 g/mol. The Morgan fingerprint density at radius 2 is 2.03 bits per heavy atom. The number of benzene rings is 1. The Kier molecular flexibility index (Phi) is 6.80. The Morgan fingerprint density at radius 1 is 1.28 bits per heavy atom. The average Bonchev–Trinajstić information content (AvgIpc) is 2.63. The van der Waals surface area contributed by atoms with E-state index in [9.17, 15) is 9.59 Å². The molecule has 156 valence electrons. The van der Waals surface area contributed by atoms with Crippen molar-refractivity contribution in [3.05, 3.63) is 61.0 Å². The molecule has 1 fully saturated rings. The third-order valence-corrected chi connectivity index (χ3v) is 5.84. The lowest BCUT2D eigenvalue weighted by Crippen LogP contribution is -2.33. The van der Waals surface area contributed by atoms with Crippen LogP contribution in [0.5, 0.6) is 0 Å². The highest BCUT2D eigenvalue weighted by Crippen LogP contribution is 2.28. The summed E-state index contributed by atoms with van der Waals surface area (Å²) in [5.41, 5.74) is 4.50. The van der Waals surface area contributed by atoms with Gasteiger partial charge in [-0.05, 0) is 69.9 Å². The van der Waals surface area contributed by atoms with Crippen molar-refractivity contribution in [3.63, 3.8) is 0 Å². The molecule has 1 saturated heterocycles. The zero-order chi connectivity index (χ0) is 21.1. The van der Waals surface area contributed by atoms with Crippen molar-refractivity contribution < 1.29 is 9.53 Å². The quantitative estimate of drug-likeness (QED) is 0.628. The van der Waals surface area contributed by atoms with Crippen molar-refractivity contribution in [2.24, 2.45) is 0 Å². The van der Waals surface area contributed by atoms with Crippen molar-refractivity contribution in [2.45, 2.75) is 59.2 Å². The molecule has 2 aromatic rings. The summed E-state index contributed by atoms with van der Waals surface area (Å²) < 4.78 is 6.45. The Morgan fingerprint density at radius 3 is 2.72 bits per heavy atom. The number of hydrogen-bond acceptors (Lipinski definition) is 4. The third kappa shape index (κ3) is 5.28. The van der Waals surface area contributed by atoms with Gasteiger partial charge in [-0.1, -0.05) is 15.9 Å². The molecule has 1 aromatic carbocycles. The number of ether oxygens (including phenoxy) is 1. The number of halogens is 1. The Hall–Kier alpha value is -2.12. The molecule has 1 aliphatic heterocycles. The van der Waals surface area contributed by atoms with Gasteiger partial charge in [0.15, 0.2) is 0 Å². The van der Waals surface area contributed by atoms with Gasteiger partial charge in [0.05, 0.1) is 6.10 Å². The van der Waals surface area contributed by atoms with Crippen LogP contribution < -0.4 is 16.2 Å². The fourth-order valence-corrected chi connectivity index (χ4v) is 4.24. The van der Waals surface area contributed by atoms with E-state index in [4.69, 9.17) is 4.74 Å². The van der Waals surface area contributed by atoms with E-state index in [0.717, 1.165) is 46.4 Å². The lowest BCUT2D eigenvalue weighted by molar-refractivity contribution is 0.0232. The molecule has 7 heteroatoms. The summed E-state index contributed by atoms with van der Waals surface area (Å²) in [6.07, 6.45) is 2.10. The van der Waals surface area contributed by atoms with E-state index in [2.05, 4.69) is 38.5 Å². The second-order valence-electron chi connectivity index (χ2n) is 7.80. The summed E-state index contributed by atoms with van der Waals surface area (Å²) in [6, 6.07) is 6.04. The number of anilines is 1. The maximum absolute atomic E-state index is 12.9. The predicted molar refractivity (Wildman–Crippen MR) is 119 cm³/mol. The first-order valence-corrected chi connectivity index (χ1v) is 10.7. The second kappa shape index (κ2) is 9.13. The molecule has 3 rings (SSSR count). The number of pyridine rings is 1. The standard InChI is InChI=1S/C22H28BrN3O3/c1-12-7-13(2)25-22(28)19(12)11-24-21(27)18-9-16(23)10-20(15(18)4)26-17-5-6-29-14(3)8-17/h7,9-10,14,17,26H,5-6,8,11H2,1-4H3,(H,24,27)(H,25,28). The number of H-pyrrole nitrogens is 1. The molecule has 6 nitrogen and oxygen atoms in total. The smallest absolute Gasteiger partial charge is 0.253 e. The molecule has 1 aromatic heterocycles.